The molecule has 2 unspecified atom stereocenters. The quantitative estimate of drug-likeness (QED) is 0.572. The first kappa shape index (κ1) is 23.6. The van der Waals surface area contributed by atoms with E-state index in [0.717, 1.165) is 25.1 Å². The van der Waals surface area contributed by atoms with Crippen LogP contribution in [-0.4, -0.2) is 32.7 Å². The zero-order valence-electron chi connectivity index (χ0n) is 17.7. The summed E-state index contributed by atoms with van der Waals surface area (Å²) in [6.07, 6.45) is 4.99. The second-order valence-electron chi connectivity index (χ2n) is 8.09. The maximum Gasteiger partial charge on any atom is 0.262 e. The summed E-state index contributed by atoms with van der Waals surface area (Å²) < 4.78 is 14.6. The number of nitrogens with zero attached hydrogens (tertiary/aromatic N) is 3. The maximum atomic E-state index is 13.2. The van der Waals surface area contributed by atoms with Crippen LogP contribution in [0.25, 0.3) is 5.65 Å². The minimum atomic E-state index is -0.352. The first-order valence-electron chi connectivity index (χ1n) is 10.5. The van der Waals surface area contributed by atoms with Gasteiger partial charge in [-0.3, -0.25) is 9.59 Å². The van der Waals surface area contributed by atoms with Crippen molar-refractivity contribution in [3.63, 3.8) is 0 Å². The van der Waals surface area contributed by atoms with Gasteiger partial charge in [0.1, 0.15) is 18.2 Å². The van der Waals surface area contributed by atoms with Gasteiger partial charge in [-0.2, -0.15) is 5.26 Å². The fourth-order valence-corrected chi connectivity index (χ4v) is 4.38. The Morgan fingerprint density at radius 2 is 2.09 bits per heavy atom. The number of nitrogens with one attached hydrogen (secondary N) is 2. The summed E-state index contributed by atoms with van der Waals surface area (Å²) in [5.41, 5.74) is 2.35. The van der Waals surface area contributed by atoms with Gasteiger partial charge >= 0.3 is 0 Å². The zero-order valence-corrected chi connectivity index (χ0v) is 18.5. The molecule has 9 heteroatoms. The van der Waals surface area contributed by atoms with Gasteiger partial charge in [0.25, 0.3) is 5.56 Å². The number of hydrogen-bond acceptors (Lipinski definition) is 5. The van der Waals surface area contributed by atoms with Crippen LogP contribution in [0.5, 0.6) is 0 Å². The Labute approximate surface area is 191 Å². The van der Waals surface area contributed by atoms with E-state index in [1.165, 1.54) is 22.9 Å². The highest BCUT2D eigenvalue weighted by atomic mass is 35.5. The fraction of sp³-hybridized carbons (Fsp3) is 0.391. The van der Waals surface area contributed by atoms with Gasteiger partial charge in [-0.05, 0) is 69.8 Å². The molecule has 4 rings (SSSR count). The number of aromatic amines is 1. The molecule has 1 aliphatic rings. The predicted octanol–water partition coefficient (Wildman–Crippen LogP) is 3.34. The summed E-state index contributed by atoms with van der Waals surface area (Å²) in [6.45, 7) is 2.64. The van der Waals surface area contributed by atoms with Gasteiger partial charge in [-0.25, -0.2) is 13.8 Å². The summed E-state index contributed by atoms with van der Waals surface area (Å²) in [6, 6.07) is 7.81. The van der Waals surface area contributed by atoms with Crippen LogP contribution >= 0.6 is 12.4 Å². The number of aromatic nitrogens is 3. The molecule has 0 bridgehead atoms. The Morgan fingerprint density at radius 3 is 2.81 bits per heavy atom. The van der Waals surface area contributed by atoms with Crippen molar-refractivity contribution in [1.82, 2.24) is 19.7 Å². The van der Waals surface area contributed by atoms with E-state index in [-0.39, 0.29) is 47.2 Å². The number of benzene rings is 1. The molecular formula is C23H25ClFN5O2. The number of ketones is 1. The molecule has 1 fully saturated rings. The summed E-state index contributed by atoms with van der Waals surface area (Å²) in [7, 11) is 0. The molecule has 1 aliphatic heterocycles. The summed E-state index contributed by atoms with van der Waals surface area (Å²) in [5.74, 6) is -0.431. The number of nitriles is 1. The largest absolute Gasteiger partial charge is 0.342 e. The SMILES string of the molecule is Cc1[nH]c2c(C#N)ncn2c(=O)c1CCC1CC(C(=O)c2ccc(F)cc2)CCCN1.Cl. The molecule has 1 aromatic carbocycles. The van der Waals surface area contributed by atoms with Crippen LogP contribution in [0.4, 0.5) is 4.39 Å². The van der Waals surface area contributed by atoms with E-state index in [4.69, 9.17) is 5.26 Å². The number of imidazole rings is 1. The van der Waals surface area contributed by atoms with E-state index >= 15 is 0 Å². The number of Topliss-reactive ketones (excluding diaryl/α,β-unsaturated/α-hetero) is 1. The number of carbonyl (C=O) groups is 1. The Balaban J connectivity index is 0.00000289. The van der Waals surface area contributed by atoms with Crippen molar-refractivity contribution in [1.29, 1.82) is 5.26 Å². The van der Waals surface area contributed by atoms with Crippen molar-refractivity contribution in [3.8, 4) is 6.07 Å². The van der Waals surface area contributed by atoms with Crippen LogP contribution in [-0.2, 0) is 6.42 Å². The third-order valence-corrected chi connectivity index (χ3v) is 6.08. The van der Waals surface area contributed by atoms with Crippen molar-refractivity contribution in [2.24, 2.45) is 5.92 Å². The van der Waals surface area contributed by atoms with Crippen LogP contribution in [0.3, 0.4) is 0 Å². The Morgan fingerprint density at radius 1 is 1.34 bits per heavy atom. The molecule has 0 amide bonds. The molecule has 32 heavy (non-hydrogen) atoms. The number of fused-ring (bicyclic) bond motifs is 1. The normalized spacial score (nSPS) is 18.5. The molecular weight excluding hydrogens is 433 g/mol. The van der Waals surface area contributed by atoms with Gasteiger partial charge in [-0.15, -0.1) is 12.4 Å². The number of H-pyrrole nitrogens is 1. The lowest BCUT2D eigenvalue weighted by Crippen LogP contribution is -2.32. The summed E-state index contributed by atoms with van der Waals surface area (Å²) in [4.78, 5) is 32.9. The lowest BCUT2D eigenvalue weighted by atomic mass is 9.87. The molecule has 3 aromatic rings. The predicted molar refractivity (Wildman–Crippen MR) is 121 cm³/mol. The van der Waals surface area contributed by atoms with Crippen molar-refractivity contribution in [2.75, 3.05) is 6.54 Å². The highest BCUT2D eigenvalue weighted by Gasteiger charge is 2.26. The molecule has 168 valence electrons. The molecule has 0 saturated carbocycles. The molecule has 0 aliphatic carbocycles. The van der Waals surface area contributed by atoms with Crippen LogP contribution < -0.4 is 10.9 Å². The number of hydrogen-bond donors (Lipinski definition) is 2. The van der Waals surface area contributed by atoms with Gasteiger partial charge in [0, 0.05) is 28.8 Å². The lowest BCUT2D eigenvalue weighted by Gasteiger charge is -2.20. The lowest BCUT2D eigenvalue weighted by molar-refractivity contribution is 0.0902. The zero-order chi connectivity index (χ0) is 22.0. The topological polar surface area (TPSA) is 103 Å². The van der Waals surface area contributed by atoms with Crippen LogP contribution in [0.2, 0.25) is 0 Å². The smallest absolute Gasteiger partial charge is 0.262 e. The van der Waals surface area contributed by atoms with E-state index in [2.05, 4.69) is 15.3 Å². The van der Waals surface area contributed by atoms with Crippen molar-refractivity contribution < 1.29 is 9.18 Å². The summed E-state index contributed by atoms with van der Waals surface area (Å²) >= 11 is 0. The van der Waals surface area contributed by atoms with Crippen LogP contribution in [0.15, 0.2) is 35.4 Å². The van der Waals surface area contributed by atoms with E-state index in [1.807, 2.05) is 13.0 Å². The minimum Gasteiger partial charge on any atom is -0.342 e. The molecule has 7 nitrogen and oxygen atoms in total. The first-order valence-corrected chi connectivity index (χ1v) is 10.5. The first-order chi connectivity index (χ1) is 15.0. The van der Waals surface area contributed by atoms with Crippen molar-refractivity contribution >= 4 is 23.8 Å². The van der Waals surface area contributed by atoms with E-state index < -0.39 is 0 Å². The second kappa shape index (κ2) is 10.1. The number of rotatable bonds is 5. The minimum absolute atomic E-state index is 0. The van der Waals surface area contributed by atoms with Crippen molar-refractivity contribution in [3.05, 3.63) is 69.3 Å². The molecule has 0 radical (unpaired) electrons. The number of aryl methyl sites for hydroxylation is 1. The Bertz CT molecular complexity index is 1210. The highest BCUT2D eigenvalue weighted by molar-refractivity contribution is 5.97. The summed E-state index contributed by atoms with van der Waals surface area (Å²) in [5, 5.41) is 12.6. The van der Waals surface area contributed by atoms with Gasteiger partial charge in [0.05, 0.1) is 0 Å². The van der Waals surface area contributed by atoms with Crippen molar-refractivity contribution in [2.45, 2.75) is 45.1 Å². The molecule has 2 N–H and O–H groups in total. The highest BCUT2D eigenvalue weighted by Crippen LogP contribution is 2.24. The Hall–Kier alpha value is -3.02. The van der Waals surface area contributed by atoms with Gasteiger partial charge in [-0.1, -0.05) is 0 Å². The van der Waals surface area contributed by atoms with Crippen LogP contribution in [0.1, 0.15) is 53.0 Å². The number of carbonyl (C=O) groups excluding carboxylic acids is 1. The molecule has 0 spiro atoms. The molecule has 3 heterocycles. The average Bonchev–Trinajstić information content (AvgIpc) is 3.02. The molecule has 2 aromatic heterocycles. The van der Waals surface area contributed by atoms with E-state index in [0.29, 0.717) is 36.0 Å². The third-order valence-electron chi connectivity index (χ3n) is 6.08. The molecule has 2 atom stereocenters. The molecule has 1 saturated heterocycles. The standard InChI is InChI=1S/C23H24FN5O2.ClH/c1-14-19(23(31)29-13-27-20(12-25)22(29)28-14)9-8-18-11-16(3-2-10-26-18)21(30)15-4-6-17(24)7-5-15;/h4-7,13,16,18,26,28H,2-3,8-11H2,1H3;1H. The maximum absolute atomic E-state index is 13.2. The Kier molecular flexibility index (Phi) is 7.44. The average molecular weight is 458 g/mol. The fourth-order valence-electron chi connectivity index (χ4n) is 4.38. The monoisotopic (exact) mass is 457 g/mol. The van der Waals surface area contributed by atoms with Crippen LogP contribution in [0, 0.1) is 30.0 Å². The second-order valence-corrected chi connectivity index (χ2v) is 8.09. The van der Waals surface area contributed by atoms with Gasteiger partial charge < -0.3 is 10.3 Å². The van der Waals surface area contributed by atoms with E-state index in [1.54, 1.807) is 12.1 Å². The van der Waals surface area contributed by atoms with Gasteiger partial charge in [0.2, 0.25) is 0 Å². The van der Waals surface area contributed by atoms with Gasteiger partial charge in [0.15, 0.2) is 17.1 Å². The third kappa shape index (κ3) is 4.74. The number of halogens is 2. The van der Waals surface area contributed by atoms with E-state index in [9.17, 15) is 14.0 Å².